The van der Waals surface area contributed by atoms with Crippen molar-refractivity contribution in [3.05, 3.63) is 75.6 Å². The lowest BCUT2D eigenvalue weighted by Crippen LogP contribution is -2.17. The number of hydrogen-bond acceptors (Lipinski definition) is 7. The van der Waals surface area contributed by atoms with Crippen molar-refractivity contribution in [2.24, 2.45) is 0 Å². The minimum Gasteiger partial charge on any atom is -0.497 e. The summed E-state index contributed by atoms with van der Waals surface area (Å²) in [7, 11) is 1.62. The number of hydrogen-bond donors (Lipinski definition) is 0. The second-order valence-corrected chi connectivity index (χ2v) is 6.50. The quantitative estimate of drug-likeness (QED) is 0.338. The number of ether oxygens (including phenoxy) is 2. The summed E-state index contributed by atoms with van der Waals surface area (Å²) < 4.78 is 10.7. The van der Waals surface area contributed by atoms with Crippen molar-refractivity contribution in [2.75, 3.05) is 7.11 Å². The van der Waals surface area contributed by atoms with Crippen molar-refractivity contribution < 1.29 is 24.2 Å². The van der Waals surface area contributed by atoms with Crippen molar-refractivity contribution in [3.8, 4) is 11.5 Å². The molecule has 1 atom stereocenters. The summed E-state index contributed by atoms with van der Waals surface area (Å²) in [6.45, 7) is 3.17. The first kappa shape index (κ1) is 20.1. The van der Waals surface area contributed by atoms with Gasteiger partial charge in [-0.05, 0) is 54.4 Å². The molecule has 0 fully saturated rings. The van der Waals surface area contributed by atoms with E-state index in [0.29, 0.717) is 17.1 Å². The Bertz CT molecular complexity index is 1070. The fourth-order valence-corrected chi connectivity index (χ4v) is 2.88. The molecule has 0 aliphatic rings. The van der Waals surface area contributed by atoms with E-state index in [1.807, 2.05) is 36.4 Å². The fraction of sp³-hybridized carbons (Fsp3) is 0.238. The lowest BCUT2D eigenvalue weighted by Gasteiger charge is -2.14. The highest BCUT2D eigenvalue weighted by atomic mass is 16.9. The van der Waals surface area contributed by atoms with E-state index in [9.17, 15) is 14.9 Å². The van der Waals surface area contributed by atoms with Crippen LogP contribution in [-0.4, -0.2) is 23.1 Å². The van der Waals surface area contributed by atoms with Gasteiger partial charge in [-0.15, -0.1) is 10.1 Å². The molecule has 29 heavy (non-hydrogen) atoms. The lowest BCUT2D eigenvalue weighted by atomic mass is 9.98. The van der Waals surface area contributed by atoms with Crippen LogP contribution in [-0.2, 0) is 16.2 Å². The topological polar surface area (TPSA) is 101 Å². The van der Waals surface area contributed by atoms with Crippen LogP contribution in [0.1, 0.15) is 29.8 Å². The molecule has 8 heteroatoms. The Labute approximate surface area is 167 Å². The van der Waals surface area contributed by atoms with E-state index in [0.717, 1.165) is 22.1 Å². The number of fused-ring (bicyclic) bond motifs is 1. The number of rotatable bonds is 7. The van der Waals surface area contributed by atoms with Crippen molar-refractivity contribution >= 4 is 16.7 Å². The minimum atomic E-state index is -0.883. The zero-order valence-corrected chi connectivity index (χ0v) is 16.2. The zero-order valence-electron chi connectivity index (χ0n) is 16.2. The van der Waals surface area contributed by atoms with E-state index in [1.165, 1.54) is 6.07 Å². The van der Waals surface area contributed by atoms with Gasteiger partial charge < -0.3 is 14.3 Å². The number of nitrogens with zero attached hydrogens (tertiary/aromatic N) is 2. The number of methoxy groups -OCH3 is 1. The summed E-state index contributed by atoms with van der Waals surface area (Å²) >= 11 is 0. The van der Waals surface area contributed by atoms with Crippen LogP contribution >= 0.6 is 0 Å². The molecule has 0 aliphatic heterocycles. The number of aromatic nitrogens is 1. The molecule has 0 spiro atoms. The molecule has 8 nitrogen and oxygen atoms in total. The number of carbonyl (C=O) groups excluding carboxylic acids is 1. The molecular formula is C21H20N2O6. The Kier molecular flexibility index (Phi) is 5.92. The Hall–Kier alpha value is -3.68. The predicted molar refractivity (Wildman–Crippen MR) is 105 cm³/mol. The summed E-state index contributed by atoms with van der Waals surface area (Å²) in [5, 5.41) is 11.4. The maximum absolute atomic E-state index is 12.6. The van der Waals surface area contributed by atoms with Crippen LogP contribution in [0.2, 0.25) is 0 Å². The Morgan fingerprint density at radius 1 is 1.14 bits per heavy atom. The predicted octanol–water partition coefficient (Wildman–Crippen LogP) is 3.97. The first-order valence-corrected chi connectivity index (χ1v) is 8.90. The van der Waals surface area contributed by atoms with Gasteiger partial charge in [0.2, 0.25) is 0 Å². The summed E-state index contributed by atoms with van der Waals surface area (Å²) in [6, 6.07) is 14.6. The molecule has 0 unspecified atom stereocenters. The van der Waals surface area contributed by atoms with Gasteiger partial charge in [-0.3, -0.25) is 9.78 Å². The average Bonchev–Trinajstić information content (AvgIpc) is 2.72. The van der Waals surface area contributed by atoms with Crippen LogP contribution in [0.25, 0.3) is 10.8 Å². The molecule has 0 radical (unpaired) electrons. The summed E-state index contributed by atoms with van der Waals surface area (Å²) in [4.78, 5) is 31.4. The smallest absolute Gasteiger partial charge is 0.318 e. The highest BCUT2D eigenvalue weighted by Crippen LogP contribution is 2.27. The largest absolute Gasteiger partial charge is 0.497 e. The molecule has 0 N–H and O–H groups in total. The first-order chi connectivity index (χ1) is 13.9. The molecule has 0 saturated heterocycles. The van der Waals surface area contributed by atoms with E-state index in [2.05, 4.69) is 9.82 Å². The molecule has 0 saturated carbocycles. The Morgan fingerprint density at radius 3 is 2.55 bits per heavy atom. The molecular weight excluding hydrogens is 376 g/mol. The molecule has 3 aromatic rings. The third-order valence-electron chi connectivity index (χ3n) is 4.55. The van der Waals surface area contributed by atoms with Gasteiger partial charge in [-0.1, -0.05) is 24.3 Å². The molecule has 2 aromatic carbocycles. The van der Waals surface area contributed by atoms with Gasteiger partial charge in [0.05, 0.1) is 24.4 Å². The normalized spacial score (nSPS) is 11.7. The van der Waals surface area contributed by atoms with Crippen molar-refractivity contribution in [1.82, 2.24) is 4.98 Å². The molecule has 0 aliphatic carbocycles. The lowest BCUT2D eigenvalue weighted by molar-refractivity contribution is -0.763. The molecule has 1 aromatic heterocycles. The minimum absolute atomic E-state index is 0.264. The molecule has 3 rings (SSSR count). The van der Waals surface area contributed by atoms with Gasteiger partial charge in [-0.25, -0.2) is 0 Å². The van der Waals surface area contributed by atoms with Crippen LogP contribution in [0.15, 0.2) is 48.5 Å². The third-order valence-corrected chi connectivity index (χ3v) is 4.55. The first-order valence-electron chi connectivity index (χ1n) is 8.90. The third kappa shape index (κ3) is 4.78. The van der Waals surface area contributed by atoms with E-state index < -0.39 is 17.0 Å². The highest BCUT2D eigenvalue weighted by molar-refractivity contribution is 5.87. The van der Waals surface area contributed by atoms with Gasteiger partial charge >= 0.3 is 5.97 Å². The highest BCUT2D eigenvalue weighted by Gasteiger charge is 2.19. The van der Waals surface area contributed by atoms with Crippen LogP contribution in [0, 0.1) is 17.0 Å². The number of aryl methyl sites for hydroxylation is 1. The van der Waals surface area contributed by atoms with Crippen molar-refractivity contribution in [3.63, 3.8) is 0 Å². The monoisotopic (exact) mass is 396 g/mol. The standard InChI is InChI=1S/C21H20N2O6/c1-13(15-4-5-17-11-19(27-3)8-6-16(17)10-15)21(24)29-20-9-7-18(22-14(20)2)12-28-23(25)26/h4-11,13H,12H2,1-3H3/t13-/m0/s1. The van der Waals surface area contributed by atoms with E-state index in [-0.39, 0.29) is 6.61 Å². The molecule has 1 heterocycles. The van der Waals surface area contributed by atoms with Gasteiger partial charge in [-0.2, -0.15) is 0 Å². The van der Waals surface area contributed by atoms with E-state index in [4.69, 9.17) is 9.47 Å². The Morgan fingerprint density at radius 2 is 1.86 bits per heavy atom. The van der Waals surface area contributed by atoms with Crippen LogP contribution < -0.4 is 9.47 Å². The van der Waals surface area contributed by atoms with Crippen LogP contribution in [0.5, 0.6) is 11.5 Å². The van der Waals surface area contributed by atoms with Gasteiger partial charge in [0.1, 0.15) is 12.4 Å². The number of pyridine rings is 1. The summed E-state index contributed by atoms with van der Waals surface area (Å²) in [5.74, 6) is 0.167. The van der Waals surface area contributed by atoms with Gasteiger partial charge in [0.25, 0.3) is 5.09 Å². The van der Waals surface area contributed by atoms with Crippen LogP contribution in [0.3, 0.4) is 0 Å². The number of benzene rings is 2. The van der Waals surface area contributed by atoms with Crippen molar-refractivity contribution in [1.29, 1.82) is 0 Å². The molecule has 0 amide bonds. The average molecular weight is 396 g/mol. The molecule has 150 valence electrons. The maximum Gasteiger partial charge on any atom is 0.318 e. The van der Waals surface area contributed by atoms with Crippen molar-refractivity contribution in [2.45, 2.75) is 26.4 Å². The Balaban J connectivity index is 1.73. The number of carbonyl (C=O) groups is 1. The van der Waals surface area contributed by atoms with E-state index >= 15 is 0 Å². The zero-order chi connectivity index (χ0) is 21.0. The van der Waals surface area contributed by atoms with Gasteiger partial charge in [0.15, 0.2) is 5.75 Å². The second kappa shape index (κ2) is 8.55. The second-order valence-electron chi connectivity index (χ2n) is 6.50. The maximum atomic E-state index is 12.6. The summed E-state index contributed by atoms with van der Waals surface area (Å²) in [6.07, 6.45) is 0. The van der Waals surface area contributed by atoms with E-state index in [1.54, 1.807) is 27.0 Å². The fourth-order valence-electron chi connectivity index (χ4n) is 2.88. The summed E-state index contributed by atoms with van der Waals surface area (Å²) in [5.41, 5.74) is 1.65. The SMILES string of the molecule is COc1ccc2cc([C@H](C)C(=O)Oc3ccc(CO[N+](=O)[O-])nc3C)ccc2c1. The van der Waals surface area contributed by atoms with Crippen LogP contribution in [0.4, 0.5) is 0 Å². The molecule has 0 bridgehead atoms. The number of esters is 1. The van der Waals surface area contributed by atoms with Gasteiger partial charge in [0, 0.05) is 0 Å².